The fourth-order valence-electron chi connectivity index (χ4n) is 2.06. The van der Waals surface area contributed by atoms with Crippen LogP contribution in [0, 0.1) is 0 Å². The third-order valence-electron chi connectivity index (χ3n) is 2.71. The lowest BCUT2D eigenvalue weighted by molar-refractivity contribution is 0.399. The van der Waals surface area contributed by atoms with Crippen LogP contribution in [0.2, 0.25) is 0 Å². The van der Waals surface area contributed by atoms with E-state index in [1.807, 2.05) is 12.1 Å². The summed E-state index contributed by atoms with van der Waals surface area (Å²) in [5.74, 6) is 0.949. The maximum Gasteiger partial charge on any atom is 0.123 e. The van der Waals surface area contributed by atoms with Crippen LogP contribution in [0.3, 0.4) is 0 Å². The van der Waals surface area contributed by atoms with Crippen LogP contribution in [0.15, 0.2) is 18.2 Å². The number of fused-ring (bicyclic) bond motifs is 1. The van der Waals surface area contributed by atoms with Crippen molar-refractivity contribution in [1.29, 1.82) is 0 Å². The van der Waals surface area contributed by atoms with Gasteiger partial charge in [-0.15, -0.1) is 0 Å². The van der Waals surface area contributed by atoms with E-state index < -0.39 is 0 Å². The van der Waals surface area contributed by atoms with Gasteiger partial charge in [0.05, 0.1) is 7.11 Å². The van der Waals surface area contributed by atoms with Crippen molar-refractivity contribution >= 4 is 0 Å². The molecule has 1 aliphatic carbocycles. The summed E-state index contributed by atoms with van der Waals surface area (Å²) in [7, 11) is 1.71. The van der Waals surface area contributed by atoms with Gasteiger partial charge in [-0.3, -0.25) is 0 Å². The van der Waals surface area contributed by atoms with Gasteiger partial charge in [-0.25, -0.2) is 0 Å². The Bertz CT molecular complexity index is 295. The molecule has 13 heavy (non-hydrogen) atoms. The lowest BCUT2D eigenvalue weighted by Crippen LogP contribution is -2.18. The number of methoxy groups -OCH3 is 1. The number of benzene rings is 1. The van der Waals surface area contributed by atoms with Gasteiger partial charge in [0.2, 0.25) is 0 Å². The normalized spacial score (nSPS) is 20.9. The summed E-state index contributed by atoms with van der Waals surface area (Å²) >= 11 is 0. The van der Waals surface area contributed by atoms with Gasteiger partial charge in [0.15, 0.2) is 0 Å². The molecule has 1 aromatic carbocycles. The average Bonchev–Trinajstić information content (AvgIpc) is 2.17. The molecule has 1 aliphatic rings. The highest BCUT2D eigenvalue weighted by atomic mass is 16.5. The average molecular weight is 177 g/mol. The second kappa shape index (κ2) is 3.38. The van der Waals surface area contributed by atoms with E-state index in [0.29, 0.717) is 0 Å². The molecule has 0 radical (unpaired) electrons. The molecule has 0 fully saturated rings. The summed E-state index contributed by atoms with van der Waals surface area (Å²) in [6.45, 7) is 0. The quantitative estimate of drug-likeness (QED) is 0.712. The van der Waals surface area contributed by atoms with Gasteiger partial charge in [-0.05, 0) is 30.9 Å². The number of hydrogen-bond donors (Lipinski definition) is 1. The summed E-state index contributed by atoms with van der Waals surface area (Å²) in [6.07, 6.45) is 3.41. The molecule has 70 valence electrons. The van der Waals surface area contributed by atoms with Crippen LogP contribution in [0.4, 0.5) is 0 Å². The van der Waals surface area contributed by atoms with Crippen LogP contribution in [0.1, 0.15) is 30.0 Å². The Labute approximate surface area is 78.7 Å². The summed E-state index contributed by atoms with van der Waals surface area (Å²) < 4.78 is 5.30. The monoisotopic (exact) mass is 177 g/mol. The molecule has 0 saturated carbocycles. The first-order valence-electron chi connectivity index (χ1n) is 4.74. The molecule has 0 spiro atoms. The molecule has 2 heteroatoms. The van der Waals surface area contributed by atoms with Crippen LogP contribution in [-0.2, 0) is 6.42 Å². The molecule has 1 aromatic rings. The van der Waals surface area contributed by atoms with Crippen molar-refractivity contribution in [2.24, 2.45) is 5.73 Å². The van der Waals surface area contributed by atoms with E-state index in [9.17, 15) is 0 Å². The second-order valence-corrected chi connectivity index (χ2v) is 3.53. The van der Waals surface area contributed by atoms with E-state index in [0.717, 1.165) is 18.6 Å². The molecule has 2 nitrogen and oxygen atoms in total. The van der Waals surface area contributed by atoms with Gasteiger partial charge >= 0.3 is 0 Å². The van der Waals surface area contributed by atoms with Crippen molar-refractivity contribution in [2.75, 3.05) is 7.11 Å². The Morgan fingerprint density at radius 3 is 3.08 bits per heavy atom. The molecule has 0 bridgehead atoms. The molecule has 0 aromatic heterocycles. The van der Waals surface area contributed by atoms with E-state index in [1.165, 1.54) is 17.5 Å². The number of aryl methyl sites for hydroxylation is 1. The Balaban J connectivity index is 2.50. The maximum absolute atomic E-state index is 6.04. The van der Waals surface area contributed by atoms with Gasteiger partial charge in [-0.1, -0.05) is 12.1 Å². The second-order valence-electron chi connectivity index (χ2n) is 3.53. The first-order chi connectivity index (χ1) is 6.33. The lowest BCUT2D eigenvalue weighted by Gasteiger charge is -2.24. The van der Waals surface area contributed by atoms with Crippen molar-refractivity contribution in [3.05, 3.63) is 29.3 Å². The minimum Gasteiger partial charge on any atom is -0.496 e. The molecule has 2 rings (SSSR count). The minimum atomic E-state index is 0.167. The minimum absolute atomic E-state index is 0.167. The number of rotatable bonds is 1. The first kappa shape index (κ1) is 8.57. The molecule has 0 heterocycles. The first-order valence-corrected chi connectivity index (χ1v) is 4.74. The van der Waals surface area contributed by atoms with E-state index in [4.69, 9.17) is 10.5 Å². The molecule has 1 atom stereocenters. The number of hydrogen-bond acceptors (Lipinski definition) is 2. The predicted molar refractivity (Wildman–Crippen MR) is 52.9 cm³/mol. The van der Waals surface area contributed by atoms with Crippen LogP contribution < -0.4 is 10.5 Å². The van der Waals surface area contributed by atoms with Crippen molar-refractivity contribution in [1.82, 2.24) is 0 Å². The third kappa shape index (κ3) is 1.42. The van der Waals surface area contributed by atoms with Crippen LogP contribution in [0.5, 0.6) is 5.75 Å². The highest BCUT2D eigenvalue weighted by molar-refractivity contribution is 5.43. The van der Waals surface area contributed by atoms with Gasteiger partial charge in [-0.2, -0.15) is 0 Å². The topological polar surface area (TPSA) is 35.2 Å². The number of nitrogens with two attached hydrogens (primary N) is 1. The lowest BCUT2D eigenvalue weighted by atomic mass is 9.87. The van der Waals surface area contributed by atoms with Crippen LogP contribution in [0.25, 0.3) is 0 Å². The van der Waals surface area contributed by atoms with E-state index in [2.05, 4.69) is 6.07 Å². The molecule has 2 N–H and O–H groups in total. The van der Waals surface area contributed by atoms with Crippen molar-refractivity contribution in [3.8, 4) is 5.75 Å². The zero-order chi connectivity index (χ0) is 9.26. The molecule has 0 amide bonds. The SMILES string of the molecule is COc1cccc2c1[C@@H](N)CCC2. The van der Waals surface area contributed by atoms with Gasteiger partial charge < -0.3 is 10.5 Å². The highest BCUT2D eigenvalue weighted by Crippen LogP contribution is 2.34. The highest BCUT2D eigenvalue weighted by Gasteiger charge is 2.19. The fourth-order valence-corrected chi connectivity index (χ4v) is 2.06. The van der Waals surface area contributed by atoms with E-state index in [1.54, 1.807) is 7.11 Å². The van der Waals surface area contributed by atoms with E-state index in [-0.39, 0.29) is 6.04 Å². The summed E-state index contributed by atoms with van der Waals surface area (Å²) in [4.78, 5) is 0. The number of ether oxygens (including phenoxy) is 1. The fraction of sp³-hybridized carbons (Fsp3) is 0.455. The Kier molecular flexibility index (Phi) is 2.23. The zero-order valence-corrected chi connectivity index (χ0v) is 7.92. The molecule has 0 unspecified atom stereocenters. The largest absolute Gasteiger partial charge is 0.496 e. The maximum atomic E-state index is 6.04. The molecular formula is C11H15NO. The van der Waals surface area contributed by atoms with Crippen LogP contribution in [-0.4, -0.2) is 7.11 Å². The molecule has 0 aliphatic heterocycles. The standard InChI is InChI=1S/C11H15NO/c1-13-10-7-3-5-8-4-2-6-9(12)11(8)10/h3,5,7,9H,2,4,6,12H2,1H3/t9-/m0/s1. The van der Waals surface area contributed by atoms with Gasteiger partial charge in [0.1, 0.15) is 5.75 Å². The predicted octanol–water partition coefficient (Wildman–Crippen LogP) is 2.03. The Morgan fingerprint density at radius 1 is 1.46 bits per heavy atom. The summed E-state index contributed by atoms with van der Waals surface area (Å²) in [5.41, 5.74) is 8.62. The van der Waals surface area contributed by atoms with Crippen molar-refractivity contribution < 1.29 is 4.74 Å². The van der Waals surface area contributed by atoms with Crippen LogP contribution >= 0.6 is 0 Å². The summed E-state index contributed by atoms with van der Waals surface area (Å²) in [6, 6.07) is 6.34. The van der Waals surface area contributed by atoms with Crippen molar-refractivity contribution in [3.63, 3.8) is 0 Å². The third-order valence-corrected chi connectivity index (χ3v) is 2.71. The molecule has 0 saturated heterocycles. The molecular weight excluding hydrogens is 162 g/mol. The van der Waals surface area contributed by atoms with E-state index >= 15 is 0 Å². The van der Waals surface area contributed by atoms with Gasteiger partial charge in [0, 0.05) is 11.6 Å². The Morgan fingerprint density at radius 2 is 2.31 bits per heavy atom. The summed E-state index contributed by atoms with van der Waals surface area (Å²) in [5, 5.41) is 0. The van der Waals surface area contributed by atoms with Crippen molar-refractivity contribution in [2.45, 2.75) is 25.3 Å². The Hall–Kier alpha value is -1.02. The van der Waals surface area contributed by atoms with Gasteiger partial charge in [0.25, 0.3) is 0 Å². The smallest absolute Gasteiger partial charge is 0.123 e. The zero-order valence-electron chi connectivity index (χ0n) is 7.92.